The van der Waals surface area contributed by atoms with Crippen molar-refractivity contribution in [2.45, 2.75) is 6.92 Å². The average Bonchev–Trinajstić information content (AvgIpc) is 3.17. The molecule has 130 valence electrons. The van der Waals surface area contributed by atoms with Gasteiger partial charge in [0.2, 0.25) is 0 Å². The van der Waals surface area contributed by atoms with E-state index in [0.29, 0.717) is 42.9 Å². The normalized spacial score (nSPS) is 15.0. The summed E-state index contributed by atoms with van der Waals surface area (Å²) >= 11 is 0. The van der Waals surface area contributed by atoms with Crippen molar-refractivity contribution >= 4 is 34.0 Å². The molecule has 4 rings (SSSR count). The molecule has 25 heavy (non-hydrogen) atoms. The Morgan fingerprint density at radius 3 is 2.60 bits per heavy atom. The number of aromatic nitrogens is 1. The van der Waals surface area contributed by atoms with E-state index in [2.05, 4.69) is 0 Å². The minimum Gasteiger partial charge on any atom is -0.452 e. The zero-order valence-corrected chi connectivity index (χ0v) is 14.1. The number of carbonyl (C=O) groups is 2. The molecule has 7 heteroatoms. The Bertz CT molecular complexity index is 978. The molecule has 7 nitrogen and oxygen atoms in total. The van der Waals surface area contributed by atoms with Crippen LogP contribution >= 0.6 is 0 Å². The van der Waals surface area contributed by atoms with Crippen LogP contribution in [0.1, 0.15) is 16.1 Å². The molecule has 1 aromatic carbocycles. The van der Waals surface area contributed by atoms with E-state index in [9.17, 15) is 9.59 Å². The van der Waals surface area contributed by atoms with Crippen molar-refractivity contribution in [2.24, 2.45) is 0 Å². The van der Waals surface area contributed by atoms with Crippen molar-refractivity contribution < 1.29 is 23.5 Å². The van der Waals surface area contributed by atoms with Gasteiger partial charge >= 0.3 is 6.09 Å². The second-order valence-electron chi connectivity index (χ2n) is 6.06. The lowest BCUT2D eigenvalue weighted by molar-refractivity contribution is 0.0284. The molecule has 0 N–H and O–H groups in total. The SMILES string of the molecule is COC(=O)n1c2cc(C)ccc2c2oc(C(=O)N3CCOCC3)cc21. The first-order valence-corrected chi connectivity index (χ1v) is 8.10. The third kappa shape index (κ3) is 2.47. The van der Waals surface area contributed by atoms with Gasteiger partial charge in [0.05, 0.1) is 31.4 Å². The number of nitrogens with zero attached hydrogens (tertiary/aromatic N) is 2. The highest BCUT2D eigenvalue weighted by molar-refractivity contribution is 6.12. The van der Waals surface area contributed by atoms with Crippen molar-refractivity contribution in [1.29, 1.82) is 0 Å². The van der Waals surface area contributed by atoms with Crippen LogP contribution in [0, 0.1) is 6.92 Å². The van der Waals surface area contributed by atoms with Crippen molar-refractivity contribution in [2.75, 3.05) is 33.4 Å². The molecule has 0 bridgehead atoms. The van der Waals surface area contributed by atoms with Crippen LogP contribution in [-0.4, -0.2) is 54.9 Å². The number of aryl methyl sites for hydroxylation is 1. The lowest BCUT2D eigenvalue weighted by Crippen LogP contribution is -2.40. The summed E-state index contributed by atoms with van der Waals surface area (Å²) in [5.41, 5.74) is 2.76. The highest BCUT2D eigenvalue weighted by Crippen LogP contribution is 2.32. The number of hydrogen-bond acceptors (Lipinski definition) is 5. The fourth-order valence-electron chi connectivity index (χ4n) is 3.20. The lowest BCUT2D eigenvalue weighted by atomic mass is 10.2. The zero-order chi connectivity index (χ0) is 17.6. The van der Waals surface area contributed by atoms with Crippen LogP contribution in [0.2, 0.25) is 0 Å². The molecule has 1 amide bonds. The molecule has 0 saturated carbocycles. The van der Waals surface area contributed by atoms with Crippen LogP contribution in [0.4, 0.5) is 4.79 Å². The van der Waals surface area contributed by atoms with E-state index in [1.54, 1.807) is 11.0 Å². The Kier molecular flexibility index (Phi) is 3.73. The molecule has 3 heterocycles. The molecule has 0 spiro atoms. The third-order valence-corrected chi connectivity index (χ3v) is 4.46. The number of morpholine rings is 1. The highest BCUT2D eigenvalue weighted by atomic mass is 16.5. The Morgan fingerprint density at radius 1 is 1.12 bits per heavy atom. The number of carbonyl (C=O) groups excluding carboxylic acids is 2. The minimum atomic E-state index is -0.517. The smallest absolute Gasteiger partial charge is 0.418 e. The molecule has 0 unspecified atom stereocenters. The zero-order valence-electron chi connectivity index (χ0n) is 14.1. The van der Waals surface area contributed by atoms with Gasteiger partial charge in [-0.3, -0.25) is 4.79 Å². The molecule has 0 aliphatic carbocycles. The minimum absolute atomic E-state index is 0.198. The number of rotatable bonds is 1. The molecule has 2 aromatic heterocycles. The molecular weight excluding hydrogens is 324 g/mol. The van der Waals surface area contributed by atoms with Crippen LogP contribution in [0.15, 0.2) is 28.7 Å². The summed E-state index contributed by atoms with van der Waals surface area (Å²) in [5, 5.41) is 0.770. The van der Waals surface area contributed by atoms with Crippen LogP contribution in [0.3, 0.4) is 0 Å². The van der Waals surface area contributed by atoms with Gasteiger partial charge in [-0.05, 0) is 24.6 Å². The van der Waals surface area contributed by atoms with Gasteiger partial charge in [-0.25, -0.2) is 9.36 Å². The first kappa shape index (κ1) is 15.7. The molecule has 1 fully saturated rings. The predicted molar refractivity (Wildman–Crippen MR) is 91.0 cm³/mol. The number of hydrogen-bond donors (Lipinski definition) is 0. The van der Waals surface area contributed by atoms with Gasteiger partial charge in [0.1, 0.15) is 0 Å². The van der Waals surface area contributed by atoms with Crippen molar-refractivity contribution in [3.8, 4) is 0 Å². The predicted octanol–water partition coefficient (Wildman–Crippen LogP) is 2.78. The van der Waals surface area contributed by atoms with Crippen molar-refractivity contribution in [3.05, 3.63) is 35.6 Å². The van der Waals surface area contributed by atoms with Gasteiger partial charge in [0, 0.05) is 24.5 Å². The van der Waals surface area contributed by atoms with E-state index in [0.717, 1.165) is 10.9 Å². The molecule has 0 radical (unpaired) electrons. The Hall–Kier alpha value is -2.80. The summed E-state index contributed by atoms with van der Waals surface area (Å²) in [7, 11) is 1.33. The number of fused-ring (bicyclic) bond motifs is 3. The maximum Gasteiger partial charge on any atom is 0.418 e. The molecular formula is C18H18N2O5. The van der Waals surface area contributed by atoms with Gasteiger partial charge < -0.3 is 18.8 Å². The number of methoxy groups -OCH3 is 1. The van der Waals surface area contributed by atoms with Crippen LogP contribution in [0.25, 0.3) is 22.0 Å². The van der Waals surface area contributed by atoms with Gasteiger partial charge in [-0.1, -0.05) is 6.07 Å². The standard InChI is InChI=1S/C18H18N2O5/c1-11-3-4-12-13(9-11)20(18(22)23-2)14-10-15(25-16(12)14)17(21)19-5-7-24-8-6-19/h3-4,9-10H,5-8H2,1-2H3. The van der Waals surface area contributed by atoms with Crippen LogP contribution in [0.5, 0.6) is 0 Å². The van der Waals surface area contributed by atoms with Crippen LogP contribution < -0.4 is 0 Å². The fraction of sp³-hybridized carbons (Fsp3) is 0.333. The quantitative estimate of drug-likeness (QED) is 0.680. The van der Waals surface area contributed by atoms with Gasteiger partial charge in [-0.2, -0.15) is 0 Å². The van der Waals surface area contributed by atoms with Crippen LogP contribution in [-0.2, 0) is 9.47 Å². The van der Waals surface area contributed by atoms with E-state index in [4.69, 9.17) is 13.9 Å². The van der Waals surface area contributed by atoms with E-state index >= 15 is 0 Å². The third-order valence-electron chi connectivity index (χ3n) is 4.46. The largest absolute Gasteiger partial charge is 0.452 e. The monoisotopic (exact) mass is 342 g/mol. The number of furan rings is 1. The second-order valence-corrected chi connectivity index (χ2v) is 6.06. The number of amides is 1. The number of benzene rings is 1. The van der Waals surface area contributed by atoms with Crippen molar-refractivity contribution in [3.63, 3.8) is 0 Å². The first-order valence-electron chi connectivity index (χ1n) is 8.10. The Labute approximate surface area is 143 Å². The Morgan fingerprint density at radius 2 is 1.88 bits per heavy atom. The van der Waals surface area contributed by atoms with E-state index in [1.165, 1.54) is 11.7 Å². The van der Waals surface area contributed by atoms with E-state index < -0.39 is 6.09 Å². The summed E-state index contributed by atoms with van der Waals surface area (Å²) in [6.45, 7) is 4.04. The summed E-state index contributed by atoms with van der Waals surface area (Å²) in [6, 6.07) is 7.33. The summed E-state index contributed by atoms with van der Waals surface area (Å²) in [4.78, 5) is 26.6. The highest BCUT2D eigenvalue weighted by Gasteiger charge is 2.26. The summed E-state index contributed by atoms with van der Waals surface area (Å²) < 4.78 is 17.5. The molecule has 0 atom stereocenters. The van der Waals surface area contributed by atoms with E-state index in [1.807, 2.05) is 25.1 Å². The fourth-order valence-corrected chi connectivity index (χ4v) is 3.20. The second kappa shape index (κ2) is 5.93. The lowest BCUT2D eigenvalue weighted by Gasteiger charge is -2.25. The first-order chi connectivity index (χ1) is 12.1. The molecule has 1 saturated heterocycles. The average molecular weight is 342 g/mol. The van der Waals surface area contributed by atoms with Crippen molar-refractivity contribution in [1.82, 2.24) is 9.47 Å². The van der Waals surface area contributed by atoms with Gasteiger partial charge in [0.15, 0.2) is 11.3 Å². The maximum atomic E-state index is 12.7. The Balaban J connectivity index is 1.87. The summed E-state index contributed by atoms with van der Waals surface area (Å²) in [5.74, 6) is 0.0169. The molecule has 1 aliphatic heterocycles. The molecule has 1 aliphatic rings. The number of ether oxygens (including phenoxy) is 2. The summed E-state index contributed by atoms with van der Waals surface area (Å²) in [6.07, 6.45) is -0.517. The topological polar surface area (TPSA) is 73.9 Å². The van der Waals surface area contributed by atoms with Gasteiger partial charge in [0.25, 0.3) is 5.91 Å². The molecule has 3 aromatic rings. The maximum absolute atomic E-state index is 12.7. The van der Waals surface area contributed by atoms with Gasteiger partial charge in [-0.15, -0.1) is 0 Å². The van der Waals surface area contributed by atoms with E-state index in [-0.39, 0.29) is 11.7 Å².